The van der Waals surface area contributed by atoms with E-state index in [1.807, 2.05) is 30.3 Å². The minimum atomic E-state index is -0.215. The monoisotopic (exact) mass is 363 g/mol. The van der Waals surface area contributed by atoms with Gasteiger partial charge in [0.05, 0.1) is 19.3 Å². The van der Waals surface area contributed by atoms with Crippen molar-refractivity contribution in [1.82, 2.24) is 0 Å². The van der Waals surface area contributed by atoms with Crippen LogP contribution in [0.1, 0.15) is 61.3 Å². The molecule has 0 radical (unpaired) electrons. The highest BCUT2D eigenvalue weighted by Gasteiger charge is 2.13. The van der Waals surface area contributed by atoms with Crippen LogP contribution in [0.15, 0.2) is 59.7 Å². The maximum absolute atomic E-state index is 8.63. The van der Waals surface area contributed by atoms with Gasteiger partial charge in [0, 0.05) is 4.91 Å². The quantitative estimate of drug-likeness (QED) is 0.275. The first-order valence-electron chi connectivity index (χ1n) is 10.1. The van der Waals surface area contributed by atoms with E-state index < -0.39 is 0 Å². The second-order valence-corrected chi connectivity index (χ2v) is 7.48. The van der Waals surface area contributed by atoms with Crippen molar-refractivity contribution in [3.8, 4) is 0 Å². The summed E-state index contributed by atoms with van der Waals surface area (Å²) in [5, 5.41) is 3.70. The second-order valence-electron chi connectivity index (χ2n) is 7.48. The van der Waals surface area contributed by atoms with Crippen molar-refractivity contribution >= 4 is 0 Å². The number of aryl methyl sites for hydroxylation is 1. The van der Waals surface area contributed by atoms with Crippen molar-refractivity contribution in [1.29, 1.82) is 0 Å². The lowest BCUT2D eigenvalue weighted by molar-refractivity contribution is 0.0457. The van der Waals surface area contributed by atoms with Gasteiger partial charge in [0.25, 0.3) is 0 Å². The Morgan fingerprint density at radius 1 is 0.963 bits per heavy atom. The lowest BCUT2D eigenvalue weighted by Crippen LogP contribution is -2.08. The van der Waals surface area contributed by atoms with Gasteiger partial charge in [-0.25, -0.2) is 0 Å². The van der Waals surface area contributed by atoms with E-state index >= 15 is 0 Å². The van der Waals surface area contributed by atoms with Crippen LogP contribution in [0, 0.1) is 5.92 Å². The van der Waals surface area contributed by atoms with Gasteiger partial charge in [-0.05, 0) is 41.0 Å². The van der Waals surface area contributed by atoms with Crippen LogP contribution >= 0.6 is 0 Å². The van der Waals surface area contributed by atoms with Crippen molar-refractivity contribution in [3.05, 3.63) is 81.7 Å². The Labute approximate surface area is 162 Å². The van der Waals surface area contributed by atoms with Crippen molar-refractivity contribution in [2.45, 2.75) is 57.7 Å². The summed E-state index contributed by atoms with van der Waals surface area (Å²) in [5.74, 6) is 0.925. The zero-order chi connectivity index (χ0) is 18.7. The number of azide groups is 1. The fourth-order valence-electron chi connectivity index (χ4n) is 3.88. The van der Waals surface area contributed by atoms with Gasteiger partial charge in [-0.15, -0.1) is 0 Å². The van der Waals surface area contributed by atoms with Gasteiger partial charge in [-0.2, -0.15) is 0 Å². The molecule has 3 rings (SSSR count). The molecule has 1 saturated carbocycles. The molecule has 4 nitrogen and oxygen atoms in total. The van der Waals surface area contributed by atoms with E-state index in [1.54, 1.807) is 0 Å². The Balaban J connectivity index is 1.51. The average molecular weight is 364 g/mol. The molecule has 0 amide bonds. The van der Waals surface area contributed by atoms with Crippen LogP contribution in [-0.4, -0.2) is 6.54 Å². The number of rotatable bonds is 9. The maximum Gasteiger partial charge on any atom is 0.0885 e. The summed E-state index contributed by atoms with van der Waals surface area (Å²) < 4.78 is 6.05. The standard InChI is InChI=1S/C23H29N3O/c24-26-25-17-23(22-9-5-2-6-10-22)27-18-21-15-13-20(14-16-21)12-11-19-7-3-1-4-8-19/h2,5-6,9-10,13-16,19,23H,1,3-4,7-8,11-12,17-18H2/t23-/m0/s1. The highest BCUT2D eigenvalue weighted by Crippen LogP contribution is 2.27. The molecular weight excluding hydrogens is 334 g/mol. The van der Waals surface area contributed by atoms with Crippen LogP contribution in [0.4, 0.5) is 0 Å². The maximum atomic E-state index is 8.63. The molecule has 0 bridgehead atoms. The Morgan fingerprint density at radius 2 is 1.67 bits per heavy atom. The van der Waals surface area contributed by atoms with Gasteiger partial charge in [0.2, 0.25) is 0 Å². The van der Waals surface area contributed by atoms with E-state index in [-0.39, 0.29) is 6.10 Å². The molecule has 4 heteroatoms. The molecule has 1 fully saturated rings. The van der Waals surface area contributed by atoms with Crippen molar-refractivity contribution in [2.24, 2.45) is 11.0 Å². The Bertz CT molecular complexity index is 717. The number of nitrogens with zero attached hydrogens (tertiary/aromatic N) is 3. The molecule has 1 aliphatic rings. The fraction of sp³-hybridized carbons (Fsp3) is 0.478. The van der Waals surface area contributed by atoms with Crippen molar-refractivity contribution in [2.75, 3.05) is 6.54 Å². The molecule has 142 valence electrons. The van der Waals surface area contributed by atoms with Crippen LogP contribution < -0.4 is 0 Å². The summed E-state index contributed by atoms with van der Waals surface area (Å²) >= 11 is 0. The van der Waals surface area contributed by atoms with Gasteiger partial charge in [0.15, 0.2) is 0 Å². The molecule has 0 aliphatic heterocycles. The third-order valence-corrected chi connectivity index (χ3v) is 5.52. The average Bonchev–Trinajstić information content (AvgIpc) is 2.74. The molecule has 0 saturated heterocycles. The fourth-order valence-corrected chi connectivity index (χ4v) is 3.88. The van der Waals surface area contributed by atoms with Crippen molar-refractivity contribution in [3.63, 3.8) is 0 Å². The Hall–Kier alpha value is -2.29. The van der Waals surface area contributed by atoms with Crippen LogP contribution in [0.3, 0.4) is 0 Å². The predicted octanol–water partition coefficient (Wildman–Crippen LogP) is 6.77. The number of hydrogen-bond acceptors (Lipinski definition) is 2. The minimum absolute atomic E-state index is 0.215. The van der Waals surface area contributed by atoms with E-state index in [2.05, 4.69) is 34.3 Å². The Kier molecular flexibility index (Phi) is 7.76. The molecule has 0 unspecified atom stereocenters. The first kappa shape index (κ1) is 19.5. The van der Waals surface area contributed by atoms with Crippen LogP contribution in [-0.2, 0) is 17.8 Å². The van der Waals surface area contributed by atoms with E-state index in [9.17, 15) is 0 Å². The van der Waals surface area contributed by atoms with E-state index in [4.69, 9.17) is 10.3 Å². The summed E-state index contributed by atoms with van der Waals surface area (Å²) in [7, 11) is 0. The van der Waals surface area contributed by atoms with Gasteiger partial charge >= 0.3 is 0 Å². The molecule has 0 N–H and O–H groups in total. The molecule has 0 aromatic heterocycles. The Morgan fingerprint density at radius 3 is 2.37 bits per heavy atom. The third-order valence-electron chi connectivity index (χ3n) is 5.52. The molecule has 1 aliphatic carbocycles. The molecule has 2 aromatic rings. The third kappa shape index (κ3) is 6.42. The molecule has 0 spiro atoms. The highest BCUT2D eigenvalue weighted by molar-refractivity contribution is 5.23. The SMILES string of the molecule is [N-]=[N+]=NC[C@H](OCc1ccc(CCC2CCCCC2)cc1)c1ccccc1. The number of ether oxygens (including phenoxy) is 1. The predicted molar refractivity (Wildman–Crippen MR) is 109 cm³/mol. The van der Waals surface area contributed by atoms with Crippen molar-refractivity contribution < 1.29 is 4.74 Å². The summed E-state index contributed by atoms with van der Waals surface area (Å²) in [6.07, 6.45) is 9.37. The molecule has 0 heterocycles. The summed E-state index contributed by atoms with van der Waals surface area (Å²) in [6, 6.07) is 18.7. The lowest BCUT2D eigenvalue weighted by Gasteiger charge is -2.21. The number of hydrogen-bond donors (Lipinski definition) is 0. The molecule has 1 atom stereocenters. The number of benzene rings is 2. The van der Waals surface area contributed by atoms with Gasteiger partial charge in [0.1, 0.15) is 0 Å². The van der Waals surface area contributed by atoms with Crippen LogP contribution in [0.2, 0.25) is 0 Å². The highest BCUT2D eigenvalue weighted by atomic mass is 16.5. The smallest absolute Gasteiger partial charge is 0.0885 e. The van der Waals surface area contributed by atoms with E-state index in [0.29, 0.717) is 13.2 Å². The largest absolute Gasteiger partial charge is 0.369 e. The lowest BCUT2D eigenvalue weighted by atomic mass is 9.85. The first-order valence-corrected chi connectivity index (χ1v) is 10.1. The second kappa shape index (κ2) is 10.8. The normalized spacial score (nSPS) is 15.9. The van der Waals surface area contributed by atoms with Gasteiger partial charge < -0.3 is 4.74 Å². The summed E-state index contributed by atoms with van der Waals surface area (Å²) in [5.41, 5.74) is 12.2. The molecule has 27 heavy (non-hydrogen) atoms. The topological polar surface area (TPSA) is 58.0 Å². The zero-order valence-electron chi connectivity index (χ0n) is 16.0. The van der Waals surface area contributed by atoms with Crippen LogP contribution in [0.5, 0.6) is 0 Å². The van der Waals surface area contributed by atoms with E-state index in [0.717, 1.165) is 17.0 Å². The first-order chi connectivity index (χ1) is 13.3. The minimum Gasteiger partial charge on any atom is -0.369 e. The van der Waals surface area contributed by atoms with E-state index in [1.165, 1.54) is 50.5 Å². The van der Waals surface area contributed by atoms with Crippen LogP contribution in [0.25, 0.3) is 10.4 Å². The van der Waals surface area contributed by atoms with Gasteiger partial charge in [-0.3, -0.25) is 0 Å². The summed E-state index contributed by atoms with van der Waals surface area (Å²) in [6.45, 7) is 0.823. The van der Waals surface area contributed by atoms with Gasteiger partial charge in [-0.1, -0.05) is 91.8 Å². The molecular formula is C23H29N3O. The zero-order valence-corrected chi connectivity index (χ0v) is 16.0. The summed E-state index contributed by atoms with van der Waals surface area (Å²) in [4.78, 5) is 2.87. The molecule has 2 aromatic carbocycles.